The van der Waals surface area contributed by atoms with E-state index >= 15 is 0 Å². The molecular formula is C13H18O4. The van der Waals surface area contributed by atoms with Crippen molar-refractivity contribution in [3.63, 3.8) is 0 Å². The molecule has 1 N–H and O–H groups in total. The van der Waals surface area contributed by atoms with Crippen LogP contribution in [0.1, 0.15) is 37.2 Å². The molecule has 0 amide bonds. The third kappa shape index (κ3) is 1.87. The molecule has 0 saturated carbocycles. The van der Waals surface area contributed by atoms with Crippen molar-refractivity contribution in [1.29, 1.82) is 0 Å². The van der Waals surface area contributed by atoms with Crippen LogP contribution in [0, 0.1) is 0 Å². The van der Waals surface area contributed by atoms with E-state index in [1.807, 2.05) is 26.0 Å². The minimum Gasteiger partial charge on any atom is -0.496 e. The van der Waals surface area contributed by atoms with Gasteiger partial charge in [0.1, 0.15) is 17.6 Å². The highest BCUT2D eigenvalue weighted by molar-refractivity contribution is 5.52. The fourth-order valence-corrected chi connectivity index (χ4v) is 2.38. The van der Waals surface area contributed by atoms with Crippen LogP contribution in [0.5, 0.6) is 11.5 Å². The summed E-state index contributed by atoms with van der Waals surface area (Å²) in [7, 11) is 3.21. The van der Waals surface area contributed by atoms with Crippen LogP contribution in [0.3, 0.4) is 0 Å². The van der Waals surface area contributed by atoms with Gasteiger partial charge in [0.2, 0.25) is 0 Å². The predicted octanol–water partition coefficient (Wildman–Crippen LogP) is 2.22. The smallest absolute Gasteiger partial charge is 0.125 e. The summed E-state index contributed by atoms with van der Waals surface area (Å²) >= 11 is 0. The lowest BCUT2D eigenvalue weighted by Gasteiger charge is -2.34. The van der Waals surface area contributed by atoms with Gasteiger partial charge >= 0.3 is 0 Å². The SMILES string of the molecule is COc1ccc(OC)c2c1[C@H](C)O[C@@H](C)[C@@H]2O. The van der Waals surface area contributed by atoms with Crippen molar-refractivity contribution in [2.45, 2.75) is 32.2 Å². The second-order valence-electron chi connectivity index (χ2n) is 4.23. The highest BCUT2D eigenvalue weighted by atomic mass is 16.5. The zero-order chi connectivity index (χ0) is 12.6. The molecular weight excluding hydrogens is 220 g/mol. The molecule has 3 atom stereocenters. The van der Waals surface area contributed by atoms with Gasteiger partial charge < -0.3 is 19.3 Å². The van der Waals surface area contributed by atoms with E-state index in [0.29, 0.717) is 5.75 Å². The lowest BCUT2D eigenvalue weighted by atomic mass is 9.91. The van der Waals surface area contributed by atoms with E-state index in [4.69, 9.17) is 14.2 Å². The molecule has 0 spiro atoms. The lowest BCUT2D eigenvalue weighted by molar-refractivity contribution is -0.0825. The molecule has 0 aromatic heterocycles. The number of methoxy groups -OCH3 is 2. The van der Waals surface area contributed by atoms with Crippen LogP contribution in [0.2, 0.25) is 0 Å². The summed E-state index contributed by atoms with van der Waals surface area (Å²) in [6.45, 7) is 3.80. The zero-order valence-electron chi connectivity index (χ0n) is 10.6. The Bertz CT molecular complexity index is 416. The molecule has 1 aromatic carbocycles. The van der Waals surface area contributed by atoms with Crippen molar-refractivity contribution in [3.8, 4) is 11.5 Å². The van der Waals surface area contributed by atoms with E-state index in [0.717, 1.165) is 16.9 Å². The van der Waals surface area contributed by atoms with Crippen molar-refractivity contribution in [2.24, 2.45) is 0 Å². The molecule has 1 aliphatic heterocycles. The molecule has 1 aromatic rings. The number of aliphatic hydroxyl groups is 1. The summed E-state index contributed by atoms with van der Waals surface area (Å²) in [6.07, 6.45) is -1.06. The number of aliphatic hydroxyl groups excluding tert-OH is 1. The third-order valence-corrected chi connectivity index (χ3v) is 3.21. The van der Waals surface area contributed by atoms with Crippen LogP contribution in [-0.4, -0.2) is 25.4 Å². The van der Waals surface area contributed by atoms with Crippen molar-refractivity contribution in [2.75, 3.05) is 14.2 Å². The molecule has 1 heterocycles. The fraction of sp³-hybridized carbons (Fsp3) is 0.538. The van der Waals surface area contributed by atoms with Crippen molar-refractivity contribution < 1.29 is 19.3 Å². The first kappa shape index (κ1) is 12.2. The van der Waals surface area contributed by atoms with Crippen LogP contribution in [0.25, 0.3) is 0 Å². The first-order valence-corrected chi connectivity index (χ1v) is 5.68. The molecule has 4 heteroatoms. The normalized spacial score (nSPS) is 27.5. The topological polar surface area (TPSA) is 47.9 Å². The van der Waals surface area contributed by atoms with E-state index in [1.54, 1.807) is 14.2 Å². The highest BCUT2D eigenvalue weighted by Gasteiger charge is 2.34. The van der Waals surface area contributed by atoms with Crippen molar-refractivity contribution in [3.05, 3.63) is 23.3 Å². The van der Waals surface area contributed by atoms with E-state index in [9.17, 15) is 5.11 Å². The van der Waals surface area contributed by atoms with E-state index < -0.39 is 6.10 Å². The van der Waals surface area contributed by atoms with Gasteiger partial charge in [-0.3, -0.25) is 0 Å². The third-order valence-electron chi connectivity index (χ3n) is 3.21. The Morgan fingerprint density at radius 1 is 1.06 bits per heavy atom. The monoisotopic (exact) mass is 238 g/mol. The quantitative estimate of drug-likeness (QED) is 0.858. The Labute approximate surface area is 101 Å². The second kappa shape index (κ2) is 4.55. The molecule has 0 aliphatic carbocycles. The average molecular weight is 238 g/mol. The Balaban J connectivity index is 2.64. The number of hydrogen-bond donors (Lipinski definition) is 1. The van der Waals surface area contributed by atoms with Gasteiger partial charge in [0.25, 0.3) is 0 Å². The van der Waals surface area contributed by atoms with Gasteiger partial charge in [-0.15, -0.1) is 0 Å². The Morgan fingerprint density at radius 2 is 1.59 bits per heavy atom. The van der Waals surface area contributed by atoms with E-state index in [1.165, 1.54) is 0 Å². The molecule has 0 fully saturated rings. The molecule has 4 nitrogen and oxygen atoms in total. The van der Waals surface area contributed by atoms with Gasteiger partial charge in [0.05, 0.1) is 26.4 Å². The molecule has 1 aliphatic rings. The summed E-state index contributed by atoms with van der Waals surface area (Å²) in [4.78, 5) is 0. The molecule has 2 rings (SSSR count). The minimum atomic E-state index is -0.689. The van der Waals surface area contributed by atoms with Gasteiger partial charge in [-0.2, -0.15) is 0 Å². The fourth-order valence-electron chi connectivity index (χ4n) is 2.38. The number of ether oxygens (including phenoxy) is 3. The minimum absolute atomic E-state index is 0.117. The molecule has 0 saturated heterocycles. The van der Waals surface area contributed by atoms with Gasteiger partial charge in [-0.25, -0.2) is 0 Å². The van der Waals surface area contributed by atoms with Crippen molar-refractivity contribution >= 4 is 0 Å². The maximum atomic E-state index is 10.2. The van der Waals surface area contributed by atoms with Crippen molar-refractivity contribution in [1.82, 2.24) is 0 Å². The summed E-state index contributed by atoms with van der Waals surface area (Å²) in [5, 5.41) is 10.2. The largest absolute Gasteiger partial charge is 0.496 e. The van der Waals surface area contributed by atoms with Gasteiger partial charge in [0, 0.05) is 11.1 Å². The molecule has 0 bridgehead atoms. The molecule has 0 radical (unpaired) electrons. The van der Waals surface area contributed by atoms with E-state index in [2.05, 4.69) is 0 Å². The maximum absolute atomic E-state index is 10.2. The van der Waals surface area contributed by atoms with Crippen LogP contribution in [0.4, 0.5) is 0 Å². The van der Waals surface area contributed by atoms with Gasteiger partial charge in [-0.1, -0.05) is 0 Å². The number of rotatable bonds is 2. The molecule has 0 unspecified atom stereocenters. The lowest BCUT2D eigenvalue weighted by Crippen LogP contribution is -2.28. The summed E-state index contributed by atoms with van der Waals surface area (Å²) < 4.78 is 16.3. The zero-order valence-corrected chi connectivity index (χ0v) is 10.6. The Morgan fingerprint density at radius 3 is 2.12 bits per heavy atom. The summed E-state index contributed by atoms with van der Waals surface area (Å²) in [6, 6.07) is 3.64. The standard InChI is InChI=1S/C13H18O4/c1-7-11-9(15-3)5-6-10(16-4)12(11)13(14)8(2)17-7/h5-8,13-14H,1-4H3/t7-,8-,13-/m0/s1. The summed E-state index contributed by atoms with van der Waals surface area (Å²) in [5.41, 5.74) is 1.65. The van der Waals surface area contributed by atoms with Crippen LogP contribution in [-0.2, 0) is 4.74 Å². The predicted molar refractivity (Wildman–Crippen MR) is 63.5 cm³/mol. The second-order valence-corrected chi connectivity index (χ2v) is 4.23. The maximum Gasteiger partial charge on any atom is 0.125 e. The van der Waals surface area contributed by atoms with Crippen LogP contribution in [0.15, 0.2) is 12.1 Å². The average Bonchev–Trinajstić information content (AvgIpc) is 2.34. The van der Waals surface area contributed by atoms with Crippen LogP contribution >= 0.6 is 0 Å². The summed E-state index contributed by atoms with van der Waals surface area (Å²) in [5.74, 6) is 1.40. The Kier molecular flexibility index (Phi) is 3.26. The highest BCUT2D eigenvalue weighted by Crippen LogP contribution is 2.45. The first-order chi connectivity index (χ1) is 8.10. The number of hydrogen-bond acceptors (Lipinski definition) is 4. The van der Waals surface area contributed by atoms with Crippen LogP contribution < -0.4 is 9.47 Å². The van der Waals surface area contributed by atoms with Gasteiger partial charge in [0.15, 0.2) is 0 Å². The number of benzene rings is 1. The Hall–Kier alpha value is -1.26. The molecule has 17 heavy (non-hydrogen) atoms. The molecule has 94 valence electrons. The first-order valence-electron chi connectivity index (χ1n) is 5.68. The number of fused-ring (bicyclic) bond motifs is 1. The van der Waals surface area contributed by atoms with E-state index in [-0.39, 0.29) is 12.2 Å². The van der Waals surface area contributed by atoms with Gasteiger partial charge in [-0.05, 0) is 26.0 Å².